The molecule has 110 valence electrons. The second-order valence-corrected chi connectivity index (χ2v) is 8.32. The molecule has 0 aliphatic carbocycles. The minimum atomic E-state index is -3.25. The highest BCUT2D eigenvalue weighted by Crippen LogP contribution is 2.26. The standard InChI is InChI=1S/C12H22ClN3O2S/c1-6-16-9(11(13)8(2)15-16)7-10(14)12(3,4)19(5,17)18/h10H,6-7,14H2,1-5H3. The van der Waals surface area contributed by atoms with Crippen molar-refractivity contribution in [3.8, 4) is 0 Å². The van der Waals surface area contributed by atoms with E-state index in [1.54, 1.807) is 18.5 Å². The summed E-state index contributed by atoms with van der Waals surface area (Å²) in [6.45, 7) is 7.74. The van der Waals surface area contributed by atoms with Crippen molar-refractivity contribution in [1.29, 1.82) is 0 Å². The van der Waals surface area contributed by atoms with Gasteiger partial charge in [-0.3, -0.25) is 4.68 Å². The lowest BCUT2D eigenvalue weighted by Crippen LogP contribution is -2.50. The number of nitrogens with two attached hydrogens (primary N) is 1. The van der Waals surface area contributed by atoms with Crippen LogP contribution in [0.15, 0.2) is 0 Å². The maximum Gasteiger partial charge on any atom is 0.154 e. The number of halogens is 1. The molecule has 5 nitrogen and oxygen atoms in total. The largest absolute Gasteiger partial charge is 0.326 e. The molecular formula is C12H22ClN3O2S. The van der Waals surface area contributed by atoms with E-state index in [2.05, 4.69) is 5.10 Å². The van der Waals surface area contributed by atoms with Crippen LogP contribution in [0, 0.1) is 6.92 Å². The molecule has 7 heteroatoms. The van der Waals surface area contributed by atoms with Crippen LogP contribution >= 0.6 is 11.6 Å². The number of hydrogen-bond donors (Lipinski definition) is 1. The smallest absolute Gasteiger partial charge is 0.154 e. The van der Waals surface area contributed by atoms with Crippen LogP contribution in [0.25, 0.3) is 0 Å². The van der Waals surface area contributed by atoms with Crippen LogP contribution in [0.3, 0.4) is 0 Å². The molecule has 19 heavy (non-hydrogen) atoms. The summed E-state index contributed by atoms with van der Waals surface area (Å²) in [5, 5.41) is 4.88. The molecule has 0 amide bonds. The van der Waals surface area contributed by atoms with Gasteiger partial charge < -0.3 is 5.73 Å². The Labute approximate surface area is 120 Å². The van der Waals surface area contributed by atoms with E-state index in [-0.39, 0.29) is 0 Å². The van der Waals surface area contributed by atoms with E-state index in [0.717, 1.165) is 11.4 Å². The molecule has 0 radical (unpaired) electrons. The molecule has 0 saturated carbocycles. The van der Waals surface area contributed by atoms with Crippen molar-refractivity contribution in [3.63, 3.8) is 0 Å². The normalized spacial score (nSPS) is 14.7. The summed E-state index contributed by atoms with van der Waals surface area (Å²) in [6.07, 6.45) is 1.59. The number of aryl methyl sites for hydroxylation is 2. The molecule has 2 N–H and O–H groups in total. The molecule has 0 fully saturated rings. The molecule has 0 aromatic carbocycles. The Morgan fingerprint density at radius 1 is 1.47 bits per heavy atom. The fourth-order valence-electron chi connectivity index (χ4n) is 1.79. The Balaban J connectivity index is 3.10. The summed E-state index contributed by atoms with van der Waals surface area (Å²) >= 11 is 6.21. The Kier molecular flexibility index (Phi) is 4.70. The number of sulfone groups is 1. The molecule has 0 aliphatic heterocycles. The van der Waals surface area contributed by atoms with Crippen LogP contribution in [-0.4, -0.2) is 35.2 Å². The second-order valence-electron chi connectivity index (χ2n) is 5.35. The average molecular weight is 308 g/mol. The zero-order chi connectivity index (χ0) is 15.0. The third kappa shape index (κ3) is 3.12. The maximum absolute atomic E-state index is 11.8. The van der Waals surface area contributed by atoms with Gasteiger partial charge in [0, 0.05) is 25.3 Å². The minimum Gasteiger partial charge on any atom is -0.326 e. The van der Waals surface area contributed by atoms with Gasteiger partial charge in [0.15, 0.2) is 9.84 Å². The topological polar surface area (TPSA) is 78.0 Å². The van der Waals surface area contributed by atoms with Crippen molar-refractivity contribution >= 4 is 21.4 Å². The first kappa shape index (κ1) is 16.5. The Morgan fingerprint density at radius 2 is 2.00 bits per heavy atom. The molecule has 1 aromatic heterocycles. The van der Waals surface area contributed by atoms with Gasteiger partial charge in [-0.2, -0.15) is 5.10 Å². The Bertz CT molecular complexity index is 564. The molecule has 0 spiro atoms. The molecule has 1 unspecified atom stereocenters. The van der Waals surface area contributed by atoms with Crippen molar-refractivity contribution in [1.82, 2.24) is 9.78 Å². The van der Waals surface area contributed by atoms with E-state index in [1.807, 2.05) is 13.8 Å². The van der Waals surface area contributed by atoms with Crippen molar-refractivity contribution in [2.45, 2.75) is 51.4 Å². The van der Waals surface area contributed by atoms with Crippen LogP contribution in [-0.2, 0) is 22.8 Å². The molecule has 1 rings (SSSR count). The van der Waals surface area contributed by atoms with E-state index >= 15 is 0 Å². The van der Waals surface area contributed by atoms with E-state index in [0.29, 0.717) is 18.0 Å². The number of rotatable bonds is 5. The van der Waals surface area contributed by atoms with Crippen LogP contribution in [0.4, 0.5) is 0 Å². The molecule has 1 atom stereocenters. The van der Waals surface area contributed by atoms with E-state index in [1.165, 1.54) is 6.26 Å². The first-order valence-corrected chi connectivity index (χ1v) is 8.46. The molecule has 1 heterocycles. The molecule has 0 bridgehead atoms. The monoisotopic (exact) mass is 307 g/mol. The van der Waals surface area contributed by atoms with Crippen LogP contribution in [0.1, 0.15) is 32.2 Å². The Morgan fingerprint density at radius 3 is 2.42 bits per heavy atom. The highest BCUT2D eigenvalue weighted by Gasteiger charge is 2.37. The first-order chi connectivity index (χ1) is 8.52. The molecular weight excluding hydrogens is 286 g/mol. The van der Waals surface area contributed by atoms with Gasteiger partial charge in [-0.05, 0) is 27.7 Å². The first-order valence-electron chi connectivity index (χ1n) is 6.19. The highest BCUT2D eigenvalue weighted by atomic mass is 35.5. The number of aromatic nitrogens is 2. The Hall–Kier alpha value is -0.590. The lowest BCUT2D eigenvalue weighted by Gasteiger charge is -2.29. The zero-order valence-corrected chi connectivity index (χ0v) is 13.6. The lowest BCUT2D eigenvalue weighted by atomic mass is 9.99. The van der Waals surface area contributed by atoms with Gasteiger partial charge >= 0.3 is 0 Å². The highest BCUT2D eigenvalue weighted by molar-refractivity contribution is 7.92. The van der Waals surface area contributed by atoms with Crippen LogP contribution < -0.4 is 5.73 Å². The van der Waals surface area contributed by atoms with Gasteiger partial charge in [0.2, 0.25) is 0 Å². The maximum atomic E-state index is 11.8. The summed E-state index contributed by atoms with van der Waals surface area (Å²) in [4.78, 5) is 0. The SMILES string of the molecule is CCn1nc(C)c(Cl)c1CC(N)C(C)(C)S(C)(=O)=O. The number of hydrogen-bond acceptors (Lipinski definition) is 4. The molecule has 1 aromatic rings. The van der Waals surface area contributed by atoms with Gasteiger partial charge in [-0.25, -0.2) is 8.42 Å². The molecule has 0 aliphatic rings. The lowest BCUT2D eigenvalue weighted by molar-refractivity contribution is 0.468. The van der Waals surface area contributed by atoms with Crippen molar-refractivity contribution < 1.29 is 8.42 Å². The van der Waals surface area contributed by atoms with Gasteiger partial charge in [-0.1, -0.05) is 11.6 Å². The van der Waals surface area contributed by atoms with Crippen molar-refractivity contribution in [2.75, 3.05) is 6.26 Å². The molecule has 0 saturated heterocycles. The third-order valence-corrected chi connectivity index (χ3v) is 6.42. The predicted octanol–water partition coefficient (Wildman–Crippen LogP) is 1.56. The van der Waals surface area contributed by atoms with Gasteiger partial charge in [0.05, 0.1) is 21.2 Å². The zero-order valence-electron chi connectivity index (χ0n) is 12.1. The van der Waals surface area contributed by atoms with Gasteiger partial charge in [-0.15, -0.1) is 0 Å². The van der Waals surface area contributed by atoms with Crippen molar-refractivity contribution in [3.05, 3.63) is 16.4 Å². The predicted molar refractivity (Wildman–Crippen MR) is 78.3 cm³/mol. The fraction of sp³-hybridized carbons (Fsp3) is 0.750. The number of nitrogens with zero attached hydrogens (tertiary/aromatic N) is 2. The average Bonchev–Trinajstić information content (AvgIpc) is 2.55. The van der Waals surface area contributed by atoms with E-state index in [9.17, 15) is 8.42 Å². The van der Waals surface area contributed by atoms with E-state index < -0.39 is 20.6 Å². The summed E-state index contributed by atoms with van der Waals surface area (Å²) in [7, 11) is -3.25. The summed E-state index contributed by atoms with van der Waals surface area (Å²) in [6, 6.07) is -0.540. The third-order valence-electron chi connectivity index (χ3n) is 3.71. The van der Waals surface area contributed by atoms with Crippen LogP contribution in [0.5, 0.6) is 0 Å². The minimum absolute atomic E-state index is 0.383. The van der Waals surface area contributed by atoms with Crippen molar-refractivity contribution in [2.24, 2.45) is 5.73 Å². The summed E-state index contributed by atoms with van der Waals surface area (Å²) < 4.78 is 24.4. The summed E-state index contributed by atoms with van der Waals surface area (Å²) in [5.74, 6) is 0. The fourth-order valence-corrected chi connectivity index (χ4v) is 2.64. The second kappa shape index (κ2) is 5.42. The van der Waals surface area contributed by atoms with Gasteiger partial charge in [0.25, 0.3) is 0 Å². The quantitative estimate of drug-likeness (QED) is 0.895. The van der Waals surface area contributed by atoms with E-state index in [4.69, 9.17) is 17.3 Å². The van der Waals surface area contributed by atoms with Gasteiger partial charge in [0.1, 0.15) is 0 Å². The van der Waals surface area contributed by atoms with Crippen LogP contribution in [0.2, 0.25) is 5.02 Å². The summed E-state index contributed by atoms with van der Waals surface area (Å²) in [5.41, 5.74) is 7.63.